The average Bonchev–Trinajstić information content (AvgIpc) is 2.30. The maximum atomic E-state index is 6.44. The van der Waals surface area contributed by atoms with E-state index in [1.807, 2.05) is 13.8 Å². The van der Waals surface area contributed by atoms with E-state index in [1.54, 1.807) is 0 Å². The van der Waals surface area contributed by atoms with Crippen LogP contribution >= 0.6 is 0 Å². The highest BCUT2D eigenvalue weighted by molar-refractivity contribution is 4.90. The molecule has 0 bridgehead atoms. The molecule has 0 heterocycles. The van der Waals surface area contributed by atoms with Crippen LogP contribution in [-0.2, 0) is 0 Å². The van der Waals surface area contributed by atoms with E-state index in [-0.39, 0.29) is 11.1 Å². The molecule has 0 aromatic carbocycles. The van der Waals surface area contributed by atoms with Gasteiger partial charge >= 0.3 is 0 Å². The molecule has 3 heteroatoms. The van der Waals surface area contributed by atoms with Crippen LogP contribution in [0.15, 0.2) is 0 Å². The molecule has 2 atom stereocenters. The molecule has 124 valence electrons. The highest BCUT2D eigenvalue weighted by atomic mass is 15.2. The Morgan fingerprint density at radius 1 is 0.950 bits per heavy atom. The highest BCUT2D eigenvalue weighted by Crippen LogP contribution is 2.36. The molecule has 0 amide bonds. The third kappa shape index (κ3) is 7.05. The normalized spacial score (nSPS) is 18.0. The lowest BCUT2D eigenvalue weighted by molar-refractivity contribution is 0.0385. The summed E-state index contributed by atoms with van der Waals surface area (Å²) < 4.78 is 0. The Bertz CT molecular complexity index is 247. The molecule has 0 saturated carbocycles. The first kappa shape index (κ1) is 22.2. The fraction of sp³-hybridized carbons (Fsp3) is 1.00. The Morgan fingerprint density at radius 2 is 1.35 bits per heavy atom. The Balaban J connectivity index is 0. The van der Waals surface area contributed by atoms with Crippen molar-refractivity contribution < 1.29 is 0 Å². The van der Waals surface area contributed by atoms with Crippen molar-refractivity contribution in [3.05, 3.63) is 0 Å². The second kappa shape index (κ2) is 9.01. The predicted octanol–water partition coefficient (Wildman–Crippen LogP) is 3.64. The number of nitrogens with zero attached hydrogens (tertiary/aromatic N) is 2. The quantitative estimate of drug-likeness (QED) is 0.726. The molecule has 0 aromatic heterocycles. The zero-order chi connectivity index (χ0) is 16.7. The minimum Gasteiger partial charge on any atom is -0.313 e. The van der Waals surface area contributed by atoms with Gasteiger partial charge in [0.15, 0.2) is 0 Å². The van der Waals surface area contributed by atoms with Crippen LogP contribution < -0.4 is 5.73 Å². The lowest BCUT2D eigenvalue weighted by Crippen LogP contribution is -2.55. The molecule has 0 spiro atoms. The van der Waals surface area contributed by atoms with Crippen LogP contribution in [0.1, 0.15) is 61.8 Å². The van der Waals surface area contributed by atoms with E-state index < -0.39 is 0 Å². The first-order valence-corrected chi connectivity index (χ1v) is 8.09. The van der Waals surface area contributed by atoms with Gasteiger partial charge in [-0.25, -0.2) is 0 Å². The van der Waals surface area contributed by atoms with Gasteiger partial charge in [0.25, 0.3) is 0 Å². The number of nitrogens with two attached hydrogens (primary N) is 1. The van der Waals surface area contributed by atoms with Gasteiger partial charge in [-0.05, 0) is 59.7 Å². The van der Waals surface area contributed by atoms with Crippen LogP contribution in [0, 0.1) is 11.3 Å². The zero-order valence-electron chi connectivity index (χ0n) is 16.0. The number of hydrogen-bond donors (Lipinski definition) is 1. The zero-order valence-corrected chi connectivity index (χ0v) is 16.0. The van der Waals surface area contributed by atoms with Gasteiger partial charge in [-0.3, -0.25) is 4.90 Å². The average molecular weight is 288 g/mol. The van der Waals surface area contributed by atoms with Gasteiger partial charge in [0.05, 0.1) is 5.66 Å². The summed E-state index contributed by atoms with van der Waals surface area (Å²) in [6, 6.07) is 0.575. The van der Waals surface area contributed by atoms with Crippen LogP contribution in [0.2, 0.25) is 0 Å². The van der Waals surface area contributed by atoms with E-state index in [1.165, 1.54) is 0 Å². The summed E-state index contributed by atoms with van der Waals surface area (Å²) in [6.07, 6.45) is 1.00. The second-order valence-electron chi connectivity index (χ2n) is 7.25. The Labute approximate surface area is 128 Å². The molecule has 0 aliphatic heterocycles. The van der Waals surface area contributed by atoms with Crippen LogP contribution in [0.4, 0.5) is 0 Å². The molecular weight excluding hydrogens is 246 g/mol. The van der Waals surface area contributed by atoms with Gasteiger partial charge < -0.3 is 10.6 Å². The van der Waals surface area contributed by atoms with E-state index in [4.69, 9.17) is 5.73 Å². The van der Waals surface area contributed by atoms with Crippen LogP contribution in [0.5, 0.6) is 0 Å². The maximum Gasteiger partial charge on any atom is 0.0659 e. The maximum absolute atomic E-state index is 6.44. The van der Waals surface area contributed by atoms with Crippen molar-refractivity contribution in [3.63, 3.8) is 0 Å². The Morgan fingerprint density at radius 3 is 1.60 bits per heavy atom. The summed E-state index contributed by atoms with van der Waals surface area (Å²) in [5, 5.41) is 0. The molecule has 0 saturated heterocycles. The van der Waals surface area contributed by atoms with Crippen molar-refractivity contribution in [2.24, 2.45) is 17.1 Å². The predicted molar refractivity (Wildman–Crippen MR) is 93.0 cm³/mol. The number of hydrogen-bond acceptors (Lipinski definition) is 3. The van der Waals surface area contributed by atoms with Gasteiger partial charge in [0.2, 0.25) is 0 Å². The summed E-state index contributed by atoms with van der Waals surface area (Å²) in [4.78, 5) is 4.55. The summed E-state index contributed by atoms with van der Waals surface area (Å²) in [6.45, 7) is 18.7. The standard InChI is InChI=1S/C15H35N3.C2H6/c1-12(2)14(5,11-18(9)13(3)4)10-15(6,16)17(7)8;1-2/h12-13H,10-11,16H2,1-9H3;1-2H3. The van der Waals surface area contributed by atoms with E-state index in [9.17, 15) is 0 Å². The lowest BCUT2D eigenvalue weighted by Gasteiger charge is -2.45. The summed E-state index contributed by atoms with van der Waals surface area (Å²) in [7, 11) is 6.33. The Hall–Kier alpha value is -0.120. The molecular formula is C17H41N3. The van der Waals surface area contributed by atoms with Gasteiger partial charge in [-0.1, -0.05) is 34.6 Å². The summed E-state index contributed by atoms with van der Waals surface area (Å²) in [5.74, 6) is 0.613. The van der Waals surface area contributed by atoms with E-state index >= 15 is 0 Å². The largest absolute Gasteiger partial charge is 0.313 e. The van der Waals surface area contributed by atoms with Crippen LogP contribution in [-0.4, -0.2) is 49.2 Å². The minimum atomic E-state index is -0.253. The fourth-order valence-electron chi connectivity index (χ4n) is 2.17. The summed E-state index contributed by atoms with van der Waals surface area (Å²) >= 11 is 0. The van der Waals surface area contributed by atoms with E-state index in [2.05, 4.69) is 72.5 Å². The van der Waals surface area contributed by atoms with E-state index in [0.29, 0.717) is 12.0 Å². The smallest absolute Gasteiger partial charge is 0.0659 e. The SMILES string of the molecule is CC.CC(C)N(C)CC(C)(CC(C)(N)N(C)C)C(C)C. The second-order valence-corrected chi connectivity index (χ2v) is 7.25. The highest BCUT2D eigenvalue weighted by Gasteiger charge is 2.37. The molecule has 0 aliphatic carbocycles. The molecule has 3 nitrogen and oxygen atoms in total. The van der Waals surface area contributed by atoms with Gasteiger partial charge in [-0.2, -0.15) is 0 Å². The molecule has 0 radical (unpaired) electrons. The third-order valence-corrected chi connectivity index (χ3v) is 4.67. The number of rotatable bonds is 7. The molecule has 0 aromatic rings. The monoisotopic (exact) mass is 287 g/mol. The van der Waals surface area contributed by atoms with Crippen LogP contribution in [0.3, 0.4) is 0 Å². The summed E-state index contributed by atoms with van der Waals surface area (Å²) in [5.41, 5.74) is 6.42. The molecule has 2 N–H and O–H groups in total. The first-order chi connectivity index (χ1) is 8.92. The lowest BCUT2D eigenvalue weighted by atomic mass is 9.72. The fourth-order valence-corrected chi connectivity index (χ4v) is 2.17. The third-order valence-electron chi connectivity index (χ3n) is 4.67. The molecule has 0 aliphatic rings. The van der Waals surface area contributed by atoms with Crippen molar-refractivity contribution in [1.29, 1.82) is 0 Å². The molecule has 2 unspecified atom stereocenters. The van der Waals surface area contributed by atoms with Crippen LogP contribution in [0.25, 0.3) is 0 Å². The molecule has 0 fully saturated rings. The van der Waals surface area contributed by atoms with Crippen molar-refractivity contribution >= 4 is 0 Å². The molecule has 20 heavy (non-hydrogen) atoms. The van der Waals surface area contributed by atoms with Crippen molar-refractivity contribution in [1.82, 2.24) is 9.80 Å². The van der Waals surface area contributed by atoms with Crippen molar-refractivity contribution in [2.75, 3.05) is 27.7 Å². The van der Waals surface area contributed by atoms with Crippen molar-refractivity contribution in [2.45, 2.75) is 73.5 Å². The van der Waals surface area contributed by atoms with Gasteiger partial charge in [-0.15, -0.1) is 0 Å². The Kier molecular flexibility index (Phi) is 9.99. The van der Waals surface area contributed by atoms with Crippen molar-refractivity contribution in [3.8, 4) is 0 Å². The molecule has 0 rings (SSSR count). The van der Waals surface area contributed by atoms with Gasteiger partial charge in [0, 0.05) is 12.6 Å². The van der Waals surface area contributed by atoms with E-state index in [0.717, 1.165) is 13.0 Å². The van der Waals surface area contributed by atoms with Gasteiger partial charge in [0.1, 0.15) is 0 Å². The topological polar surface area (TPSA) is 32.5 Å². The minimum absolute atomic E-state index is 0.229. The first-order valence-electron chi connectivity index (χ1n) is 8.09.